The van der Waals surface area contributed by atoms with Crippen molar-refractivity contribution in [2.24, 2.45) is 0 Å². The van der Waals surface area contributed by atoms with E-state index in [-0.39, 0.29) is 18.9 Å². The van der Waals surface area contributed by atoms with Gasteiger partial charge in [0.25, 0.3) is 0 Å². The molecule has 8 nitrogen and oxygen atoms in total. The molecule has 1 aliphatic heterocycles. The van der Waals surface area contributed by atoms with Gasteiger partial charge in [-0.3, -0.25) is 9.69 Å². The van der Waals surface area contributed by atoms with Gasteiger partial charge in [0.05, 0.1) is 7.11 Å². The summed E-state index contributed by atoms with van der Waals surface area (Å²) < 4.78 is 10.3. The highest BCUT2D eigenvalue weighted by Gasteiger charge is 2.37. The predicted molar refractivity (Wildman–Crippen MR) is 122 cm³/mol. The summed E-state index contributed by atoms with van der Waals surface area (Å²) in [5.41, 5.74) is 2.72. The fraction of sp³-hybridized carbons (Fsp3) is 0.320. The van der Waals surface area contributed by atoms with Crippen LogP contribution in [0.3, 0.4) is 0 Å². The van der Waals surface area contributed by atoms with E-state index < -0.39 is 24.1 Å². The molecule has 1 aliphatic rings. The van der Waals surface area contributed by atoms with Crippen LogP contribution in [0.25, 0.3) is 10.9 Å². The van der Waals surface area contributed by atoms with Crippen LogP contribution in [0.15, 0.2) is 60.8 Å². The molecule has 0 saturated carbocycles. The number of nitrogens with zero attached hydrogens (tertiary/aromatic N) is 1. The number of rotatable bonds is 7. The van der Waals surface area contributed by atoms with Crippen molar-refractivity contribution < 1.29 is 23.9 Å². The molecule has 0 spiro atoms. The van der Waals surface area contributed by atoms with Crippen molar-refractivity contribution in [3.8, 4) is 0 Å². The maximum atomic E-state index is 13.1. The second-order valence-electron chi connectivity index (χ2n) is 8.04. The van der Waals surface area contributed by atoms with Crippen molar-refractivity contribution >= 4 is 28.9 Å². The number of benzene rings is 2. The van der Waals surface area contributed by atoms with E-state index in [4.69, 9.17) is 9.47 Å². The first-order valence-electron chi connectivity index (χ1n) is 11.0. The zero-order valence-corrected chi connectivity index (χ0v) is 18.5. The van der Waals surface area contributed by atoms with Crippen molar-refractivity contribution in [1.82, 2.24) is 15.2 Å². The number of carbonyl (C=O) groups is 3. The lowest BCUT2D eigenvalue weighted by Gasteiger charge is -2.25. The zero-order chi connectivity index (χ0) is 23.2. The number of methoxy groups -OCH3 is 1. The largest absolute Gasteiger partial charge is 0.467 e. The first-order valence-corrected chi connectivity index (χ1v) is 11.0. The van der Waals surface area contributed by atoms with Gasteiger partial charge >= 0.3 is 12.1 Å². The van der Waals surface area contributed by atoms with Crippen LogP contribution in [0.2, 0.25) is 0 Å². The molecule has 2 atom stereocenters. The Balaban J connectivity index is 1.42. The number of esters is 1. The fourth-order valence-corrected chi connectivity index (χ4v) is 4.18. The van der Waals surface area contributed by atoms with Gasteiger partial charge in [0.2, 0.25) is 5.91 Å². The molecule has 33 heavy (non-hydrogen) atoms. The molecule has 1 fully saturated rings. The van der Waals surface area contributed by atoms with E-state index in [0.717, 1.165) is 22.0 Å². The Kier molecular flexibility index (Phi) is 6.92. The van der Waals surface area contributed by atoms with Crippen LogP contribution in [0, 0.1) is 0 Å². The Hall–Kier alpha value is -3.81. The molecule has 1 saturated heterocycles. The SMILES string of the molecule is COC(=O)[C@@H](Cc1c[nH]c2ccccc12)NC(=O)[C@H]1CCCN1C(=O)OCc1ccccc1. The number of hydrogen-bond donors (Lipinski definition) is 2. The van der Waals surface area contributed by atoms with E-state index in [1.807, 2.05) is 60.8 Å². The first-order chi connectivity index (χ1) is 16.1. The minimum Gasteiger partial charge on any atom is -0.467 e. The number of likely N-dealkylation sites (tertiary alicyclic amines) is 1. The summed E-state index contributed by atoms with van der Waals surface area (Å²) in [5, 5.41) is 3.77. The summed E-state index contributed by atoms with van der Waals surface area (Å²) >= 11 is 0. The summed E-state index contributed by atoms with van der Waals surface area (Å²) in [6.45, 7) is 0.562. The molecule has 2 heterocycles. The van der Waals surface area contributed by atoms with Gasteiger partial charge in [-0.25, -0.2) is 9.59 Å². The minimum absolute atomic E-state index is 0.135. The van der Waals surface area contributed by atoms with Gasteiger partial charge in [-0.15, -0.1) is 0 Å². The van der Waals surface area contributed by atoms with E-state index >= 15 is 0 Å². The topological polar surface area (TPSA) is 101 Å². The third-order valence-corrected chi connectivity index (χ3v) is 5.90. The zero-order valence-electron chi connectivity index (χ0n) is 18.5. The number of ether oxygens (including phenoxy) is 2. The quantitative estimate of drug-likeness (QED) is 0.540. The molecular formula is C25H27N3O5. The summed E-state index contributed by atoms with van der Waals surface area (Å²) in [5.74, 6) is -0.927. The highest BCUT2D eigenvalue weighted by Crippen LogP contribution is 2.22. The first kappa shape index (κ1) is 22.4. The van der Waals surface area contributed by atoms with Gasteiger partial charge in [0.15, 0.2) is 0 Å². The van der Waals surface area contributed by atoms with E-state index in [1.54, 1.807) is 0 Å². The van der Waals surface area contributed by atoms with E-state index in [1.165, 1.54) is 12.0 Å². The number of aromatic nitrogens is 1. The highest BCUT2D eigenvalue weighted by atomic mass is 16.6. The molecule has 8 heteroatoms. The number of para-hydroxylation sites is 1. The lowest BCUT2D eigenvalue weighted by Crippen LogP contribution is -2.51. The van der Waals surface area contributed by atoms with Crippen LogP contribution in [0.4, 0.5) is 4.79 Å². The smallest absolute Gasteiger partial charge is 0.410 e. The Morgan fingerprint density at radius 3 is 2.67 bits per heavy atom. The average molecular weight is 450 g/mol. The van der Waals surface area contributed by atoms with Crippen molar-refractivity contribution in [2.45, 2.75) is 38.0 Å². The molecule has 0 aliphatic carbocycles. The van der Waals surface area contributed by atoms with E-state index in [9.17, 15) is 14.4 Å². The molecule has 1 aromatic heterocycles. The standard InChI is InChI=1S/C25H27N3O5/c1-32-24(30)21(14-18-15-26-20-11-6-5-10-19(18)20)27-23(29)22-12-7-13-28(22)25(31)33-16-17-8-3-2-4-9-17/h2-6,8-11,15,21-22,26H,7,12-14,16H2,1H3,(H,27,29)/t21-,22-/m1/s1. The second kappa shape index (κ2) is 10.2. The maximum absolute atomic E-state index is 13.1. The van der Waals surface area contributed by atoms with Crippen LogP contribution in [0.5, 0.6) is 0 Å². The predicted octanol–water partition coefficient (Wildman–Crippen LogP) is 3.17. The van der Waals surface area contributed by atoms with Gasteiger partial charge in [-0.1, -0.05) is 48.5 Å². The lowest BCUT2D eigenvalue weighted by atomic mass is 10.0. The third-order valence-electron chi connectivity index (χ3n) is 5.90. The van der Waals surface area contributed by atoms with Crippen LogP contribution in [-0.2, 0) is 32.1 Å². The molecule has 172 valence electrons. The lowest BCUT2D eigenvalue weighted by molar-refractivity contribution is -0.145. The normalized spacial score (nSPS) is 16.4. The number of hydrogen-bond acceptors (Lipinski definition) is 5. The molecular weight excluding hydrogens is 422 g/mol. The Morgan fingerprint density at radius 1 is 1.12 bits per heavy atom. The Morgan fingerprint density at radius 2 is 1.88 bits per heavy atom. The Bertz CT molecular complexity index is 1130. The van der Waals surface area contributed by atoms with Crippen molar-refractivity contribution in [3.63, 3.8) is 0 Å². The average Bonchev–Trinajstić information content (AvgIpc) is 3.50. The number of nitrogens with one attached hydrogen (secondary N) is 2. The van der Waals surface area contributed by atoms with Crippen molar-refractivity contribution in [2.75, 3.05) is 13.7 Å². The molecule has 2 N–H and O–H groups in total. The van der Waals surface area contributed by atoms with Crippen molar-refractivity contribution in [1.29, 1.82) is 0 Å². The molecule has 0 bridgehead atoms. The number of H-pyrrole nitrogens is 1. The number of aromatic amines is 1. The minimum atomic E-state index is -0.871. The number of carbonyl (C=O) groups excluding carboxylic acids is 3. The summed E-state index contributed by atoms with van der Waals surface area (Å²) in [4.78, 5) is 42.8. The van der Waals surface area contributed by atoms with Crippen molar-refractivity contribution in [3.05, 3.63) is 71.9 Å². The molecule has 3 aromatic rings. The summed E-state index contributed by atoms with van der Waals surface area (Å²) in [6.07, 6.45) is 2.75. The second-order valence-corrected chi connectivity index (χ2v) is 8.04. The van der Waals surface area contributed by atoms with Crippen LogP contribution >= 0.6 is 0 Å². The monoisotopic (exact) mass is 449 g/mol. The number of amides is 2. The van der Waals surface area contributed by atoms with Crippen LogP contribution in [0.1, 0.15) is 24.0 Å². The third kappa shape index (κ3) is 5.16. The highest BCUT2D eigenvalue weighted by molar-refractivity contribution is 5.91. The molecule has 4 rings (SSSR count). The molecule has 2 aromatic carbocycles. The Labute approximate surface area is 191 Å². The van der Waals surface area contributed by atoms with Gasteiger partial charge < -0.3 is 19.8 Å². The van der Waals surface area contributed by atoms with Crippen LogP contribution in [-0.4, -0.2) is 53.6 Å². The maximum Gasteiger partial charge on any atom is 0.410 e. The van der Waals surface area contributed by atoms with Crippen LogP contribution < -0.4 is 5.32 Å². The van der Waals surface area contributed by atoms with Gasteiger partial charge in [0.1, 0.15) is 18.7 Å². The molecule has 0 unspecified atom stereocenters. The van der Waals surface area contributed by atoms with E-state index in [2.05, 4.69) is 10.3 Å². The fourth-order valence-electron chi connectivity index (χ4n) is 4.18. The summed E-state index contributed by atoms with van der Waals surface area (Å²) in [6, 6.07) is 15.6. The van der Waals surface area contributed by atoms with Gasteiger partial charge in [-0.2, -0.15) is 0 Å². The van der Waals surface area contributed by atoms with Gasteiger partial charge in [-0.05, 0) is 30.0 Å². The summed E-state index contributed by atoms with van der Waals surface area (Å²) in [7, 11) is 1.29. The molecule has 2 amide bonds. The van der Waals surface area contributed by atoms with E-state index in [0.29, 0.717) is 19.4 Å². The van der Waals surface area contributed by atoms with Gasteiger partial charge in [0, 0.05) is 30.1 Å². The number of fused-ring (bicyclic) bond motifs is 1. The molecule has 0 radical (unpaired) electrons.